The van der Waals surface area contributed by atoms with Crippen molar-refractivity contribution in [3.63, 3.8) is 0 Å². The molecule has 0 amide bonds. The van der Waals surface area contributed by atoms with E-state index >= 15 is 0 Å². The molecule has 0 unspecified atom stereocenters. The van der Waals surface area contributed by atoms with Gasteiger partial charge in [0, 0.05) is 4.47 Å². The van der Waals surface area contributed by atoms with Crippen molar-refractivity contribution in [2.24, 2.45) is 0 Å². The van der Waals surface area contributed by atoms with Gasteiger partial charge >= 0.3 is 33.1 Å². The number of carbonyl (C=O) groups is 2. The first-order valence-corrected chi connectivity index (χ1v) is 21.7. The van der Waals surface area contributed by atoms with Crippen LogP contribution in [0.2, 0.25) is 0 Å². The molecule has 3 fully saturated rings. The van der Waals surface area contributed by atoms with Crippen LogP contribution >= 0.6 is 15.9 Å². The molecule has 0 saturated carbocycles. The Morgan fingerprint density at radius 3 is 1.25 bits per heavy atom. The molecule has 60 heavy (non-hydrogen) atoms. The highest BCUT2D eigenvalue weighted by atomic mass is 79.9. The van der Waals surface area contributed by atoms with Gasteiger partial charge in [-0.1, -0.05) is 41.9 Å². The zero-order valence-electron chi connectivity index (χ0n) is 39.2. The quantitative estimate of drug-likeness (QED) is 0.169. The van der Waals surface area contributed by atoms with E-state index in [1.54, 1.807) is 52.0 Å². The van der Waals surface area contributed by atoms with Crippen LogP contribution in [0.1, 0.15) is 158 Å². The van der Waals surface area contributed by atoms with Gasteiger partial charge in [0.15, 0.2) is 0 Å². The van der Waals surface area contributed by atoms with Crippen LogP contribution in [0.15, 0.2) is 28.7 Å². The van der Waals surface area contributed by atoms with Crippen LogP contribution in [0, 0.1) is 25.5 Å². The lowest BCUT2D eigenvalue weighted by molar-refractivity contribution is -0.144. The highest BCUT2D eigenvalue weighted by Gasteiger charge is 2.63. The summed E-state index contributed by atoms with van der Waals surface area (Å²) < 4.78 is 75.2. The second-order valence-corrected chi connectivity index (χ2v) is 19.9. The second-order valence-electron chi connectivity index (χ2n) is 19.0. The molecule has 0 bridgehead atoms. The molecule has 3 saturated heterocycles. The Labute approximate surface area is 367 Å². The first-order valence-electron chi connectivity index (χ1n) is 21.0. The number of esters is 2. The molecule has 0 radical (unpaired) electrons. The summed E-state index contributed by atoms with van der Waals surface area (Å²) in [6.07, 6.45) is 0.331. The van der Waals surface area contributed by atoms with Gasteiger partial charge < -0.3 is 37.4 Å². The van der Waals surface area contributed by atoms with E-state index in [1.165, 1.54) is 0 Å². The smallest absolute Gasteiger partial charge is 0.466 e. The predicted octanol–water partition coefficient (Wildman–Crippen LogP) is 9.69. The molecule has 0 N–H and O–H groups in total. The number of ether oxygens (including phenoxy) is 2. The summed E-state index contributed by atoms with van der Waals surface area (Å²) in [7, 11) is -1.51. The van der Waals surface area contributed by atoms with Crippen molar-refractivity contribution in [1.82, 2.24) is 0 Å². The minimum absolute atomic E-state index is 0.136. The summed E-state index contributed by atoms with van der Waals surface area (Å²) in [4.78, 5) is 23.1. The van der Waals surface area contributed by atoms with Crippen LogP contribution in [0.5, 0.6) is 0 Å². The second kappa shape index (κ2) is 19.6. The first kappa shape index (κ1) is 52.0. The largest absolute Gasteiger partial charge is 0.494 e. The molecule has 16 heteroatoms. The molecule has 5 rings (SSSR count). The number of halogens is 3. The van der Waals surface area contributed by atoms with Gasteiger partial charge in [-0.05, 0) is 162 Å². The fourth-order valence-corrected chi connectivity index (χ4v) is 7.16. The average Bonchev–Trinajstić information content (AvgIpc) is 3.57. The zero-order valence-corrected chi connectivity index (χ0v) is 40.8. The van der Waals surface area contributed by atoms with Crippen molar-refractivity contribution < 1.29 is 55.8 Å². The van der Waals surface area contributed by atoms with Crippen LogP contribution in [-0.2, 0) is 47.0 Å². The molecule has 10 nitrogen and oxygen atoms in total. The van der Waals surface area contributed by atoms with Crippen molar-refractivity contribution in [1.29, 1.82) is 0 Å². The molecule has 2 aromatic rings. The Morgan fingerprint density at radius 2 is 0.900 bits per heavy atom. The molecular formula is C44H68B3BrF2O10. The molecule has 3 heterocycles. The summed E-state index contributed by atoms with van der Waals surface area (Å²) in [6.45, 7) is 35.4. The summed E-state index contributed by atoms with van der Waals surface area (Å²) in [5.74, 6) is -1.64. The molecule has 0 spiro atoms. The highest BCUT2D eigenvalue weighted by molar-refractivity contribution is 9.10. The lowest BCUT2D eigenvalue weighted by Crippen LogP contribution is -2.41. The number of benzene rings is 2. The van der Waals surface area contributed by atoms with Gasteiger partial charge in [-0.15, -0.1) is 0 Å². The van der Waals surface area contributed by atoms with Crippen LogP contribution in [0.4, 0.5) is 8.78 Å². The normalized spacial score (nSPS) is 21.3. The molecule has 2 aromatic carbocycles. The van der Waals surface area contributed by atoms with Gasteiger partial charge in [0.05, 0.1) is 59.7 Å². The maximum Gasteiger partial charge on any atom is 0.494 e. The van der Waals surface area contributed by atoms with Crippen molar-refractivity contribution in [2.45, 2.75) is 183 Å². The Kier molecular flexibility index (Phi) is 17.0. The number of rotatable bonds is 10. The van der Waals surface area contributed by atoms with E-state index in [1.807, 2.05) is 96.9 Å². The fourth-order valence-electron chi connectivity index (χ4n) is 6.57. The van der Waals surface area contributed by atoms with E-state index in [4.69, 9.17) is 37.4 Å². The van der Waals surface area contributed by atoms with E-state index in [-0.39, 0.29) is 70.7 Å². The monoisotopic (exact) mass is 906 g/mol. The Hall–Kier alpha value is -2.33. The minimum Gasteiger partial charge on any atom is -0.466 e. The van der Waals surface area contributed by atoms with Crippen LogP contribution in [0.25, 0.3) is 0 Å². The summed E-state index contributed by atoms with van der Waals surface area (Å²) in [5, 5.41) is 0. The predicted molar refractivity (Wildman–Crippen MR) is 237 cm³/mol. The van der Waals surface area contributed by atoms with Crippen LogP contribution in [0.3, 0.4) is 0 Å². The van der Waals surface area contributed by atoms with Gasteiger partial charge in [-0.3, -0.25) is 9.59 Å². The highest BCUT2D eigenvalue weighted by Crippen LogP contribution is 2.43. The van der Waals surface area contributed by atoms with Gasteiger partial charge in [0.25, 0.3) is 0 Å². The fraction of sp³-hybridized carbons (Fsp3) is 0.682. The van der Waals surface area contributed by atoms with E-state index in [2.05, 4.69) is 15.9 Å². The van der Waals surface area contributed by atoms with Gasteiger partial charge in [-0.2, -0.15) is 0 Å². The molecule has 3 aliphatic heterocycles. The standard InChI is InChI=1S/C19H28BFO4.C13H16BrFO2.C12H24B2O4/c1-8-23-16(22)10-12(2)15-11-14(9-13(3)17(15)21)20-24-18(4,5)19(6,7)25-20;1-4-17-12(16)6-8(2)11-7-10(14)5-9(3)13(11)15;1-9(2)10(3,4)16-13(15-9)14-17-11(5,6)12(7,8)18-14/h9,11-12H,8,10H2,1-7H3;5,7-8H,4,6H2,1-3H3;1-8H3/t12-;8-;/m00./s1. The van der Waals surface area contributed by atoms with E-state index in [0.717, 1.165) is 9.94 Å². The number of aryl methyl sites for hydroxylation is 2. The van der Waals surface area contributed by atoms with E-state index < -0.39 is 32.3 Å². The summed E-state index contributed by atoms with van der Waals surface area (Å²) in [6, 6.07) is 6.93. The number of hydrogen-bond donors (Lipinski definition) is 0. The number of hydrogen-bond acceptors (Lipinski definition) is 10. The van der Waals surface area contributed by atoms with Crippen molar-refractivity contribution in [2.75, 3.05) is 13.2 Å². The van der Waals surface area contributed by atoms with Gasteiger partial charge in [0.2, 0.25) is 0 Å². The molecule has 0 aliphatic carbocycles. The average molecular weight is 907 g/mol. The zero-order chi connectivity index (χ0) is 46.0. The maximum absolute atomic E-state index is 14.6. The van der Waals surface area contributed by atoms with Crippen molar-refractivity contribution in [3.05, 3.63) is 62.6 Å². The molecule has 2 atom stereocenters. The van der Waals surface area contributed by atoms with E-state index in [9.17, 15) is 18.4 Å². The maximum atomic E-state index is 14.6. The lowest BCUT2D eigenvalue weighted by Gasteiger charge is -2.32. The van der Waals surface area contributed by atoms with Crippen molar-refractivity contribution >= 4 is 54.5 Å². The minimum atomic E-state index is -0.558. The van der Waals surface area contributed by atoms with Gasteiger partial charge in [-0.25, -0.2) is 8.78 Å². The first-order chi connectivity index (χ1) is 27.3. The molecule has 3 aliphatic rings. The third kappa shape index (κ3) is 12.2. The van der Waals surface area contributed by atoms with E-state index in [0.29, 0.717) is 35.5 Å². The molecule has 334 valence electrons. The summed E-state index contributed by atoms with van der Waals surface area (Å²) in [5.41, 5.74) is 0.521. The van der Waals surface area contributed by atoms with Crippen LogP contribution in [-0.4, -0.2) is 79.9 Å². The number of carbonyl (C=O) groups excluding carboxylic acids is 2. The third-order valence-corrected chi connectivity index (χ3v) is 12.9. The molecule has 0 aromatic heterocycles. The Balaban J connectivity index is 0.000000247. The van der Waals surface area contributed by atoms with Crippen LogP contribution < -0.4 is 5.46 Å². The SMILES string of the molecule is CC1(C)OB(B2OC(C)(C)C(C)(C)O2)OC1(C)C.CCOC(=O)C[C@H](C)c1cc(B2OC(C)(C)C(C)(C)O2)cc(C)c1F.CCOC(=O)C[C@H](C)c1cc(Br)cc(C)c1F. The Bertz CT molecular complexity index is 1760. The topological polar surface area (TPSA) is 108 Å². The third-order valence-electron chi connectivity index (χ3n) is 12.5. The van der Waals surface area contributed by atoms with Gasteiger partial charge in [0.1, 0.15) is 11.6 Å². The lowest BCUT2D eigenvalue weighted by atomic mass is 9.49. The Morgan fingerprint density at radius 1 is 0.583 bits per heavy atom. The van der Waals surface area contributed by atoms with Crippen molar-refractivity contribution in [3.8, 4) is 0 Å². The summed E-state index contributed by atoms with van der Waals surface area (Å²) >= 11 is 3.33. The molecular weight excluding hydrogens is 839 g/mol.